The highest BCUT2D eigenvalue weighted by molar-refractivity contribution is 7.70. The molecule has 0 aliphatic heterocycles. The van der Waals surface area contributed by atoms with Gasteiger partial charge in [-0.25, -0.2) is 0 Å². The summed E-state index contributed by atoms with van der Waals surface area (Å²) >= 11 is 0. The van der Waals surface area contributed by atoms with Gasteiger partial charge in [-0.3, -0.25) is 23.7 Å². The van der Waals surface area contributed by atoms with Crippen molar-refractivity contribution >= 4 is 16.4 Å². The molecule has 0 N–H and O–H groups in total. The Morgan fingerprint density at radius 3 is 1.23 bits per heavy atom. The van der Waals surface area contributed by atoms with Gasteiger partial charge in [-0.15, -0.1) is 0 Å². The highest BCUT2D eigenvalue weighted by atomic mass is 31.2. The normalized spacial score (nSPS) is 12.7. The van der Waals surface area contributed by atoms with E-state index in [-0.39, 0.29) is 0 Å². The third-order valence-corrected chi connectivity index (χ3v) is 12.9. The predicted molar refractivity (Wildman–Crippen MR) is 137 cm³/mol. The highest BCUT2D eigenvalue weighted by Gasteiger charge is 2.42. The van der Waals surface area contributed by atoms with Crippen molar-refractivity contribution in [1.82, 2.24) is 23.7 Å². The molecule has 174 valence electrons. The van der Waals surface area contributed by atoms with E-state index in [0.29, 0.717) is 5.40 Å². The molecule has 0 fully saturated rings. The summed E-state index contributed by atoms with van der Waals surface area (Å²) < 4.78 is 10.9. The molecule has 0 unspecified atom stereocenters. The van der Waals surface area contributed by atoms with Crippen LogP contribution < -0.4 is 0 Å². The zero-order valence-corrected chi connectivity index (χ0v) is 22.9. The van der Waals surface area contributed by atoms with Gasteiger partial charge in [0.05, 0.1) is 27.5 Å². The van der Waals surface area contributed by atoms with Gasteiger partial charge in [0.25, 0.3) is 0 Å². The third-order valence-electron chi connectivity index (χ3n) is 5.69. The van der Waals surface area contributed by atoms with E-state index in [1.54, 1.807) is 0 Å². The summed E-state index contributed by atoms with van der Waals surface area (Å²) in [4.78, 5) is 5.15. The second-order valence-electron chi connectivity index (χ2n) is 7.27. The first-order chi connectivity index (χ1) is 14.5. The van der Waals surface area contributed by atoms with Crippen LogP contribution in [0.1, 0.15) is 72.2 Å². The van der Waals surface area contributed by atoms with Crippen molar-refractivity contribution in [3.8, 4) is 0 Å². The lowest BCUT2D eigenvalue weighted by Crippen LogP contribution is -2.36. The Hall–Kier alpha value is -0.150. The molecule has 0 radical (unpaired) electrons. The zero-order valence-electron chi connectivity index (χ0n) is 21.1. The van der Waals surface area contributed by atoms with Crippen molar-refractivity contribution in [3.05, 3.63) is 29.6 Å². The highest BCUT2D eigenvalue weighted by Crippen LogP contribution is 2.72. The van der Waals surface area contributed by atoms with Crippen LogP contribution >= 0.6 is 16.4 Å². The van der Waals surface area contributed by atoms with Gasteiger partial charge in [0.1, 0.15) is 0 Å². The van der Waals surface area contributed by atoms with Crippen LogP contribution in [-0.2, 0) is 0 Å². The van der Waals surface area contributed by atoms with E-state index >= 15 is 0 Å². The summed E-state index contributed by atoms with van der Waals surface area (Å²) in [5, 5.41) is 0.412. The van der Waals surface area contributed by atoms with E-state index in [4.69, 9.17) is 4.98 Å². The first-order valence-electron chi connectivity index (χ1n) is 12.0. The van der Waals surface area contributed by atoms with E-state index in [1.807, 2.05) is 0 Å². The van der Waals surface area contributed by atoms with Gasteiger partial charge in [-0.1, -0.05) is 61.5 Å². The van der Waals surface area contributed by atoms with E-state index in [0.717, 1.165) is 58.1 Å². The number of pyridine rings is 1. The molecule has 5 nitrogen and oxygen atoms in total. The molecule has 0 amide bonds. The van der Waals surface area contributed by atoms with E-state index in [2.05, 4.69) is 99.2 Å². The minimum Gasteiger partial charge on any atom is -0.270 e. The fraction of sp³-hybridized carbons (Fsp3) is 0.783. The smallest absolute Gasteiger partial charge is 0.0955 e. The minimum absolute atomic E-state index is 0.412. The molecule has 0 saturated heterocycles. The van der Waals surface area contributed by atoms with Gasteiger partial charge >= 0.3 is 0 Å². The summed E-state index contributed by atoms with van der Waals surface area (Å²) in [6, 6.07) is 6.64. The lowest BCUT2D eigenvalue weighted by atomic mass is 10.3. The second kappa shape index (κ2) is 14.8. The van der Waals surface area contributed by atoms with Crippen LogP contribution in [0.2, 0.25) is 0 Å². The van der Waals surface area contributed by atoms with Gasteiger partial charge in [-0.05, 0) is 19.1 Å². The summed E-state index contributed by atoms with van der Waals surface area (Å²) in [5.74, 6) is 0. The molecule has 0 saturated carbocycles. The Morgan fingerprint density at radius 1 is 0.633 bits per heavy atom. The molecule has 30 heavy (non-hydrogen) atoms. The molecular weight excluding hydrogens is 408 g/mol. The van der Waals surface area contributed by atoms with Gasteiger partial charge in [0, 0.05) is 58.1 Å². The molecule has 1 aromatic rings. The molecule has 0 spiro atoms. The van der Waals surface area contributed by atoms with Crippen LogP contribution in [0.5, 0.6) is 0 Å². The van der Waals surface area contributed by atoms with Crippen molar-refractivity contribution in [1.29, 1.82) is 0 Å². The van der Waals surface area contributed by atoms with Crippen molar-refractivity contribution in [3.63, 3.8) is 0 Å². The molecule has 0 bridgehead atoms. The number of rotatable bonds is 15. The first kappa shape index (κ1) is 27.9. The van der Waals surface area contributed by atoms with Crippen molar-refractivity contribution < 1.29 is 0 Å². The standard InChI is InChI=1S/C23H47N5P2/c1-10-25(11-2)29(26(12-3)13-4)23(22-20-18-19-21(9)24-22)30(27(14-5)15-6)28(16-7)17-8/h18-20,23H,10-17H2,1-9H3. The molecule has 7 heteroatoms. The fourth-order valence-corrected chi connectivity index (χ4v) is 11.6. The maximum Gasteiger partial charge on any atom is 0.0955 e. The maximum atomic E-state index is 5.15. The Labute approximate surface area is 189 Å². The lowest BCUT2D eigenvalue weighted by Gasteiger charge is -2.49. The molecule has 1 heterocycles. The van der Waals surface area contributed by atoms with Crippen molar-refractivity contribution in [2.45, 2.75) is 67.7 Å². The molecule has 0 aliphatic rings. The van der Waals surface area contributed by atoms with Crippen molar-refractivity contribution in [2.75, 3.05) is 52.4 Å². The molecule has 1 rings (SSSR count). The summed E-state index contributed by atoms with van der Waals surface area (Å²) in [6.07, 6.45) is 0. The summed E-state index contributed by atoms with van der Waals surface area (Å²) in [7, 11) is -1.04. The van der Waals surface area contributed by atoms with Crippen molar-refractivity contribution in [2.24, 2.45) is 0 Å². The molecule has 0 aliphatic carbocycles. The first-order valence-corrected chi connectivity index (χ1v) is 14.6. The number of aromatic nitrogens is 1. The Kier molecular flexibility index (Phi) is 13.8. The van der Waals surface area contributed by atoms with Crippen LogP contribution in [0, 0.1) is 6.92 Å². The SMILES string of the molecule is CCN(CC)P(C(c1cccc(C)n1)P(N(CC)CC)N(CC)CC)N(CC)CC. The van der Waals surface area contributed by atoms with E-state index in [1.165, 1.54) is 5.69 Å². The fourth-order valence-electron chi connectivity index (χ4n) is 4.07. The van der Waals surface area contributed by atoms with Gasteiger partial charge in [-0.2, -0.15) is 0 Å². The Bertz CT molecular complexity index is 520. The lowest BCUT2D eigenvalue weighted by molar-refractivity contribution is 0.403. The van der Waals surface area contributed by atoms with Crippen LogP contribution in [0.3, 0.4) is 0 Å². The van der Waals surface area contributed by atoms with Gasteiger partial charge in [0.2, 0.25) is 0 Å². The third kappa shape index (κ3) is 6.92. The summed E-state index contributed by atoms with van der Waals surface area (Å²) in [5.41, 5.74) is 2.41. The number of nitrogens with zero attached hydrogens (tertiary/aromatic N) is 5. The molecule has 1 aromatic heterocycles. The van der Waals surface area contributed by atoms with Crippen LogP contribution in [0.25, 0.3) is 0 Å². The van der Waals surface area contributed by atoms with Crippen LogP contribution in [0.4, 0.5) is 0 Å². The second-order valence-corrected chi connectivity index (χ2v) is 12.3. The Balaban J connectivity index is 3.79. The predicted octanol–water partition coefficient (Wildman–Crippen LogP) is 6.38. The van der Waals surface area contributed by atoms with Gasteiger partial charge in [0.15, 0.2) is 0 Å². The number of aryl methyl sites for hydroxylation is 1. The minimum atomic E-state index is -0.518. The quantitative estimate of drug-likeness (QED) is 0.286. The van der Waals surface area contributed by atoms with Gasteiger partial charge < -0.3 is 0 Å². The molecule has 0 atom stereocenters. The average molecular weight is 456 g/mol. The van der Waals surface area contributed by atoms with E-state index < -0.39 is 16.4 Å². The summed E-state index contributed by atoms with van der Waals surface area (Å²) in [6.45, 7) is 29.4. The zero-order chi connectivity index (χ0) is 22.7. The molecular formula is C23H47N5P2. The van der Waals surface area contributed by atoms with Crippen LogP contribution in [0.15, 0.2) is 18.2 Å². The Morgan fingerprint density at radius 2 is 0.967 bits per heavy atom. The topological polar surface area (TPSA) is 25.9 Å². The number of hydrogen-bond acceptors (Lipinski definition) is 5. The van der Waals surface area contributed by atoms with E-state index in [9.17, 15) is 0 Å². The molecule has 0 aromatic carbocycles. The largest absolute Gasteiger partial charge is 0.270 e. The number of hydrogen-bond donors (Lipinski definition) is 0. The average Bonchev–Trinajstić information content (AvgIpc) is 2.76. The monoisotopic (exact) mass is 455 g/mol. The maximum absolute atomic E-state index is 5.15. The van der Waals surface area contributed by atoms with Crippen LogP contribution in [-0.4, -0.2) is 76.0 Å².